The molecule has 3 heterocycles. The van der Waals surface area contributed by atoms with E-state index in [0.29, 0.717) is 18.0 Å². The first-order valence-corrected chi connectivity index (χ1v) is 9.89. The van der Waals surface area contributed by atoms with E-state index in [1.54, 1.807) is 31.4 Å². The zero-order chi connectivity index (χ0) is 19.5. The van der Waals surface area contributed by atoms with Gasteiger partial charge in [-0.15, -0.1) is 0 Å². The van der Waals surface area contributed by atoms with E-state index >= 15 is 0 Å². The van der Waals surface area contributed by atoms with Gasteiger partial charge in [-0.1, -0.05) is 42.5 Å². The number of amides is 1. The summed E-state index contributed by atoms with van der Waals surface area (Å²) in [7, 11) is 1.67. The van der Waals surface area contributed by atoms with Gasteiger partial charge in [-0.2, -0.15) is 0 Å². The molecule has 3 aliphatic rings. The third kappa shape index (κ3) is 3.94. The molecule has 0 aromatic heterocycles. The van der Waals surface area contributed by atoms with Gasteiger partial charge in [0.05, 0.1) is 7.11 Å². The maximum Gasteiger partial charge on any atom is 0.295 e. The number of fused-ring (bicyclic) bond motifs is 4. The molecule has 3 aliphatic heterocycles. The van der Waals surface area contributed by atoms with Crippen molar-refractivity contribution in [1.82, 2.24) is 9.80 Å². The van der Waals surface area contributed by atoms with Gasteiger partial charge in [0.1, 0.15) is 5.75 Å². The van der Waals surface area contributed by atoms with Crippen molar-refractivity contribution in [2.24, 2.45) is 5.92 Å². The van der Waals surface area contributed by atoms with Crippen LogP contribution < -0.4 is 4.74 Å². The zero-order valence-electron chi connectivity index (χ0n) is 16.2. The maximum atomic E-state index is 12.9. The fraction of sp³-hybridized carbons (Fsp3) is 0.391. The fourth-order valence-electron chi connectivity index (χ4n) is 4.39. The average molecular weight is 378 g/mol. The van der Waals surface area contributed by atoms with Gasteiger partial charge in [-0.05, 0) is 36.5 Å². The van der Waals surface area contributed by atoms with E-state index in [1.807, 2.05) is 23.1 Å². The van der Waals surface area contributed by atoms with E-state index < -0.39 is 5.78 Å². The highest BCUT2D eigenvalue weighted by molar-refractivity contribution is 6.42. The summed E-state index contributed by atoms with van der Waals surface area (Å²) >= 11 is 0. The second kappa shape index (κ2) is 8.15. The zero-order valence-corrected chi connectivity index (χ0v) is 16.2. The summed E-state index contributed by atoms with van der Waals surface area (Å²) in [4.78, 5) is 29.8. The number of ketones is 1. The van der Waals surface area contributed by atoms with Crippen LogP contribution in [0.4, 0.5) is 0 Å². The number of ether oxygens (including phenoxy) is 1. The number of benzene rings is 2. The third-order valence-electron chi connectivity index (χ3n) is 5.85. The lowest BCUT2D eigenvalue weighted by Crippen LogP contribution is -2.49. The van der Waals surface area contributed by atoms with Gasteiger partial charge >= 0.3 is 0 Å². The highest BCUT2D eigenvalue weighted by atomic mass is 16.5. The Bertz CT molecular complexity index is 835. The van der Waals surface area contributed by atoms with E-state index in [2.05, 4.69) is 17.0 Å². The number of carbonyl (C=O) groups is 2. The van der Waals surface area contributed by atoms with Gasteiger partial charge in [0.25, 0.3) is 5.91 Å². The predicted molar refractivity (Wildman–Crippen MR) is 107 cm³/mol. The molecule has 0 unspecified atom stereocenters. The van der Waals surface area contributed by atoms with E-state index in [1.165, 1.54) is 5.56 Å². The average Bonchev–Trinajstić information content (AvgIpc) is 3.04. The molecular weight excluding hydrogens is 352 g/mol. The van der Waals surface area contributed by atoms with E-state index in [4.69, 9.17) is 4.74 Å². The maximum absolute atomic E-state index is 12.9. The molecule has 2 atom stereocenters. The normalized spacial score (nSPS) is 22.0. The lowest BCUT2D eigenvalue weighted by Gasteiger charge is -2.35. The molecule has 0 spiro atoms. The van der Waals surface area contributed by atoms with Crippen LogP contribution in [0.1, 0.15) is 28.8 Å². The predicted octanol–water partition coefficient (Wildman–Crippen LogP) is 3.00. The number of methoxy groups -OCH3 is 1. The van der Waals surface area contributed by atoms with E-state index in [-0.39, 0.29) is 11.9 Å². The number of Topliss-reactive ketones (excluding diaryl/α,β-unsaturated/α-hetero) is 1. The lowest BCUT2D eigenvalue weighted by atomic mass is 9.94. The van der Waals surface area contributed by atoms with Crippen LogP contribution in [0.5, 0.6) is 5.75 Å². The first-order chi connectivity index (χ1) is 13.6. The molecule has 2 bridgehead atoms. The smallest absolute Gasteiger partial charge is 0.295 e. The highest BCUT2D eigenvalue weighted by Gasteiger charge is 2.39. The number of nitrogens with zero attached hydrogens (tertiary/aromatic N) is 2. The minimum atomic E-state index is -0.394. The van der Waals surface area contributed by atoms with Crippen LogP contribution >= 0.6 is 0 Å². The third-order valence-corrected chi connectivity index (χ3v) is 5.85. The van der Waals surface area contributed by atoms with Gasteiger partial charge in [0.2, 0.25) is 5.78 Å². The van der Waals surface area contributed by atoms with E-state index in [0.717, 1.165) is 38.2 Å². The van der Waals surface area contributed by atoms with Crippen molar-refractivity contribution in [2.45, 2.75) is 25.4 Å². The molecule has 5 rings (SSSR count). The van der Waals surface area contributed by atoms with Crippen molar-refractivity contribution < 1.29 is 14.3 Å². The molecule has 0 saturated carbocycles. The number of piperidine rings is 1. The molecule has 5 heteroatoms. The summed E-state index contributed by atoms with van der Waals surface area (Å²) in [5.41, 5.74) is 1.71. The van der Waals surface area contributed by atoms with Crippen molar-refractivity contribution in [3.63, 3.8) is 0 Å². The van der Waals surface area contributed by atoms with Crippen LogP contribution in [0.25, 0.3) is 0 Å². The van der Waals surface area contributed by atoms with Crippen LogP contribution in [0.3, 0.4) is 0 Å². The molecule has 2 aromatic carbocycles. The summed E-state index contributed by atoms with van der Waals surface area (Å²) in [5.74, 6) is 0.530. The summed E-state index contributed by atoms with van der Waals surface area (Å²) in [6.07, 6.45) is 2.09. The molecule has 1 amide bonds. The number of carbonyl (C=O) groups excluding carboxylic acids is 2. The first-order valence-electron chi connectivity index (χ1n) is 9.89. The van der Waals surface area contributed by atoms with Gasteiger partial charge in [0.15, 0.2) is 0 Å². The van der Waals surface area contributed by atoms with Gasteiger partial charge < -0.3 is 9.64 Å². The van der Waals surface area contributed by atoms with Crippen molar-refractivity contribution in [3.05, 3.63) is 65.7 Å². The Hall–Kier alpha value is -2.66. The SMILES string of the molecule is COc1ccc(CN2C[C@H]3CC[C@@H](C2)N(C(=O)C(=O)c2ccccc2)C3)cc1. The topological polar surface area (TPSA) is 49.9 Å². The van der Waals surface area contributed by atoms with Crippen LogP contribution in [-0.2, 0) is 11.3 Å². The first kappa shape index (κ1) is 18.7. The second-order valence-corrected chi connectivity index (χ2v) is 7.79. The lowest BCUT2D eigenvalue weighted by molar-refractivity contribution is -0.130. The summed E-state index contributed by atoms with van der Waals surface area (Å²) in [5, 5.41) is 0. The number of rotatable bonds is 5. The molecule has 0 aliphatic carbocycles. The van der Waals surface area contributed by atoms with Crippen LogP contribution in [0.15, 0.2) is 54.6 Å². The monoisotopic (exact) mass is 378 g/mol. The molecule has 2 aromatic rings. The highest BCUT2D eigenvalue weighted by Crippen LogP contribution is 2.29. The second-order valence-electron chi connectivity index (χ2n) is 7.79. The molecule has 0 radical (unpaired) electrons. The van der Waals surface area contributed by atoms with Gasteiger partial charge in [-0.25, -0.2) is 0 Å². The van der Waals surface area contributed by atoms with Crippen LogP contribution in [0.2, 0.25) is 0 Å². The Balaban J connectivity index is 1.45. The summed E-state index contributed by atoms with van der Waals surface area (Å²) in [6.45, 7) is 3.31. The molecule has 5 nitrogen and oxygen atoms in total. The van der Waals surface area contributed by atoms with Crippen molar-refractivity contribution in [3.8, 4) is 5.75 Å². The Morgan fingerprint density at radius 2 is 1.71 bits per heavy atom. The quantitative estimate of drug-likeness (QED) is 0.593. The molecule has 28 heavy (non-hydrogen) atoms. The molecule has 3 fully saturated rings. The molecule has 3 saturated heterocycles. The standard InChI is InChI=1S/C23H26N2O3/c1-28-21-11-8-17(9-12-21)13-24-14-18-7-10-20(16-24)25(15-18)23(27)22(26)19-5-3-2-4-6-19/h2-6,8-9,11-12,18,20H,7,10,13-16H2,1H3/t18-,20+/m1/s1. The largest absolute Gasteiger partial charge is 0.497 e. The summed E-state index contributed by atoms with van der Waals surface area (Å²) < 4.78 is 5.23. The van der Waals surface area contributed by atoms with Gasteiger partial charge in [-0.3, -0.25) is 14.5 Å². The Labute approximate surface area is 165 Å². The minimum Gasteiger partial charge on any atom is -0.497 e. The van der Waals surface area contributed by atoms with E-state index in [9.17, 15) is 9.59 Å². The fourth-order valence-corrected chi connectivity index (χ4v) is 4.39. The van der Waals surface area contributed by atoms with Gasteiger partial charge in [0, 0.05) is 37.8 Å². The number of hydrogen-bond acceptors (Lipinski definition) is 4. The van der Waals surface area contributed by atoms with Crippen molar-refractivity contribution in [1.29, 1.82) is 0 Å². The Kier molecular flexibility index (Phi) is 5.44. The summed E-state index contributed by atoms with van der Waals surface area (Å²) in [6, 6.07) is 17.1. The van der Waals surface area contributed by atoms with Crippen molar-refractivity contribution >= 4 is 11.7 Å². The Morgan fingerprint density at radius 3 is 2.43 bits per heavy atom. The number of hydrogen-bond donors (Lipinski definition) is 0. The molecule has 0 N–H and O–H groups in total. The molecule has 146 valence electrons. The van der Waals surface area contributed by atoms with Crippen LogP contribution in [-0.4, -0.2) is 54.3 Å². The van der Waals surface area contributed by atoms with Crippen LogP contribution in [0, 0.1) is 5.92 Å². The molecular formula is C23H26N2O3. The Morgan fingerprint density at radius 1 is 0.964 bits per heavy atom. The van der Waals surface area contributed by atoms with Crippen molar-refractivity contribution in [2.75, 3.05) is 26.7 Å². The minimum absolute atomic E-state index is 0.108.